The molecular weight excluding hydrogens is 235 g/mol. The number of alkyl halides is 1. The molecule has 0 saturated heterocycles. The van der Waals surface area contributed by atoms with Crippen molar-refractivity contribution < 1.29 is 0 Å². The van der Waals surface area contributed by atoms with Crippen molar-refractivity contribution in [2.24, 2.45) is 0 Å². The van der Waals surface area contributed by atoms with Crippen molar-refractivity contribution in [3.05, 3.63) is 33.8 Å². The Bertz CT molecular complexity index is 215. The highest BCUT2D eigenvalue weighted by molar-refractivity contribution is 9.08. The molecule has 0 heterocycles. The first-order chi connectivity index (χ1) is 4.72. The molecule has 0 nitrogen and oxygen atoms in total. The number of rotatable bonds is 1. The van der Waals surface area contributed by atoms with Gasteiger partial charge in [0.15, 0.2) is 0 Å². The van der Waals surface area contributed by atoms with E-state index >= 15 is 0 Å². The second kappa shape index (κ2) is 3.61. The lowest BCUT2D eigenvalue weighted by Gasteiger charge is -1.96. The zero-order chi connectivity index (χ0) is 7.56. The summed E-state index contributed by atoms with van der Waals surface area (Å²) in [5, 5.41) is 2.15. The monoisotopic (exact) mass is 238 g/mol. The molecule has 0 fully saturated rings. The predicted octanol–water partition coefficient (Wildman–Crippen LogP) is 3.89. The minimum atomic E-state index is 0.682. The largest absolute Gasteiger partial charge is 0.0876 e. The van der Waals surface area contributed by atoms with Crippen LogP contribution in [0.25, 0.3) is 0 Å². The molecule has 0 N–H and O–H groups in total. The van der Waals surface area contributed by atoms with Crippen LogP contribution in [0.2, 0.25) is 10.0 Å². The Labute approximate surface area is 78.3 Å². The van der Waals surface area contributed by atoms with Crippen molar-refractivity contribution in [1.82, 2.24) is 0 Å². The molecule has 0 saturated carbocycles. The normalized spacial score (nSPS) is 9.90. The second-order valence-corrected chi connectivity index (χ2v) is 3.34. The molecule has 1 aromatic carbocycles. The van der Waals surface area contributed by atoms with Crippen LogP contribution in [0, 0.1) is 0 Å². The second-order valence-electron chi connectivity index (χ2n) is 1.91. The first kappa shape index (κ1) is 8.38. The van der Waals surface area contributed by atoms with E-state index in [-0.39, 0.29) is 0 Å². The average Bonchev–Trinajstić information content (AvgIpc) is 1.85. The van der Waals surface area contributed by atoms with Gasteiger partial charge in [-0.3, -0.25) is 0 Å². The molecule has 0 aliphatic heterocycles. The van der Waals surface area contributed by atoms with E-state index in [9.17, 15) is 0 Å². The summed E-state index contributed by atoms with van der Waals surface area (Å²) in [6.07, 6.45) is 0. The smallest absolute Gasteiger partial charge is 0.0423 e. The van der Waals surface area contributed by atoms with Crippen molar-refractivity contribution >= 4 is 39.1 Å². The van der Waals surface area contributed by atoms with Crippen molar-refractivity contribution in [1.29, 1.82) is 0 Å². The van der Waals surface area contributed by atoms with Crippen molar-refractivity contribution in [2.75, 3.05) is 0 Å². The number of halogens is 3. The van der Waals surface area contributed by atoms with E-state index in [1.807, 2.05) is 12.1 Å². The van der Waals surface area contributed by atoms with E-state index in [0.717, 1.165) is 10.9 Å². The standard InChI is InChI=1S/C7H5BrCl2/c8-4-5-1-6(9)3-7(10)2-5/h1-3H,4H2. The lowest BCUT2D eigenvalue weighted by molar-refractivity contribution is 1.44. The first-order valence-electron chi connectivity index (χ1n) is 2.73. The van der Waals surface area contributed by atoms with Crippen LogP contribution in [0.4, 0.5) is 0 Å². The van der Waals surface area contributed by atoms with Crippen molar-refractivity contribution in [3.63, 3.8) is 0 Å². The van der Waals surface area contributed by atoms with Crippen LogP contribution in [-0.2, 0) is 5.33 Å². The molecule has 0 aromatic heterocycles. The van der Waals surface area contributed by atoms with E-state index in [4.69, 9.17) is 23.2 Å². The van der Waals surface area contributed by atoms with Gasteiger partial charge < -0.3 is 0 Å². The van der Waals surface area contributed by atoms with E-state index in [1.165, 1.54) is 0 Å². The number of benzene rings is 1. The van der Waals surface area contributed by atoms with Gasteiger partial charge in [0.2, 0.25) is 0 Å². The molecule has 0 aliphatic carbocycles. The van der Waals surface area contributed by atoms with E-state index < -0.39 is 0 Å². The summed E-state index contributed by atoms with van der Waals surface area (Å²) in [5.74, 6) is 0. The van der Waals surface area contributed by atoms with Crippen LogP contribution in [-0.4, -0.2) is 0 Å². The van der Waals surface area contributed by atoms with Crippen LogP contribution in [0.3, 0.4) is 0 Å². The molecular formula is C7H5BrCl2. The average molecular weight is 240 g/mol. The van der Waals surface area contributed by atoms with Crippen LogP contribution in [0.15, 0.2) is 18.2 Å². The molecule has 54 valence electrons. The minimum Gasteiger partial charge on any atom is -0.0876 e. The maximum Gasteiger partial charge on any atom is 0.0423 e. The fourth-order valence-electron chi connectivity index (χ4n) is 0.688. The summed E-state index contributed by atoms with van der Waals surface area (Å²) < 4.78 is 0. The third kappa shape index (κ3) is 2.15. The third-order valence-electron chi connectivity index (χ3n) is 1.08. The summed E-state index contributed by atoms with van der Waals surface area (Å²) in [5.41, 5.74) is 1.09. The van der Waals surface area contributed by atoms with Crippen LogP contribution in [0.1, 0.15) is 5.56 Å². The predicted molar refractivity (Wildman–Crippen MR) is 49.1 cm³/mol. The third-order valence-corrected chi connectivity index (χ3v) is 2.16. The quantitative estimate of drug-likeness (QED) is 0.653. The van der Waals surface area contributed by atoms with Crippen molar-refractivity contribution in [3.8, 4) is 0 Å². The summed E-state index contributed by atoms with van der Waals surface area (Å²) in [6.45, 7) is 0. The molecule has 0 aliphatic rings. The molecule has 0 atom stereocenters. The summed E-state index contributed by atoms with van der Waals surface area (Å²) in [4.78, 5) is 0. The number of hydrogen-bond donors (Lipinski definition) is 0. The summed E-state index contributed by atoms with van der Waals surface area (Å²) >= 11 is 14.8. The maximum absolute atomic E-state index is 5.72. The van der Waals surface area contributed by atoms with Crippen LogP contribution in [0.5, 0.6) is 0 Å². The molecule has 1 aromatic rings. The minimum absolute atomic E-state index is 0.682. The van der Waals surface area contributed by atoms with E-state index in [1.54, 1.807) is 6.07 Å². The molecule has 0 radical (unpaired) electrons. The molecule has 3 heteroatoms. The Hall–Kier alpha value is 0.280. The Morgan fingerprint density at radius 1 is 1.10 bits per heavy atom. The molecule has 0 spiro atoms. The van der Waals surface area contributed by atoms with Gasteiger partial charge >= 0.3 is 0 Å². The Morgan fingerprint density at radius 3 is 2.00 bits per heavy atom. The zero-order valence-electron chi connectivity index (χ0n) is 5.07. The van der Waals surface area contributed by atoms with Gasteiger partial charge in [-0.15, -0.1) is 0 Å². The summed E-state index contributed by atoms with van der Waals surface area (Å²) in [6, 6.07) is 5.47. The van der Waals surface area contributed by atoms with Gasteiger partial charge in [-0.05, 0) is 23.8 Å². The van der Waals surface area contributed by atoms with E-state index in [2.05, 4.69) is 15.9 Å². The molecule has 0 unspecified atom stereocenters. The molecule has 0 bridgehead atoms. The van der Waals surface area contributed by atoms with Gasteiger partial charge in [-0.2, -0.15) is 0 Å². The van der Waals surface area contributed by atoms with Crippen LogP contribution < -0.4 is 0 Å². The Morgan fingerprint density at radius 2 is 1.60 bits per heavy atom. The zero-order valence-corrected chi connectivity index (χ0v) is 8.17. The van der Waals surface area contributed by atoms with Gasteiger partial charge in [0.05, 0.1) is 0 Å². The SMILES string of the molecule is Clc1cc(Cl)cc(CBr)c1. The van der Waals surface area contributed by atoms with Gasteiger partial charge in [0.25, 0.3) is 0 Å². The van der Waals surface area contributed by atoms with Crippen molar-refractivity contribution in [2.45, 2.75) is 5.33 Å². The van der Waals surface area contributed by atoms with Gasteiger partial charge in [0.1, 0.15) is 0 Å². The highest BCUT2D eigenvalue weighted by Crippen LogP contribution is 2.20. The van der Waals surface area contributed by atoms with Gasteiger partial charge in [0, 0.05) is 15.4 Å². The first-order valence-corrected chi connectivity index (χ1v) is 4.61. The van der Waals surface area contributed by atoms with Crippen LogP contribution >= 0.6 is 39.1 Å². The number of hydrogen-bond acceptors (Lipinski definition) is 0. The molecule has 10 heavy (non-hydrogen) atoms. The highest BCUT2D eigenvalue weighted by atomic mass is 79.9. The Balaban J connectivity index is 3.06. The molecule has 0 amide bonds. The molecule has 1 rings (SSSR count). The van der Waals surface area contributed by atoms with E-state index in [0.29, 0.717) is 10.0 Å². The lowest BCUT2D eigenvalue weighted by atomic mass is 10.2. The Kier molecular flexibility index (Phi) is 3.02. The van der Waals surface area contributed by atoms with Gasteiger partial charge in [-0.1, -0.05) is 39.1 Å². The van der Waals surface area contributed by atoms with Gasteiger partial charge in [-0.25, -0.2) is 0 Å². The maximum atomic E-state index is 5.72. The lowest BCUT2D eigenvalue weighted by Crippen LogP contribution is -1.76. The fourth-order valence-corrected chi connectivity index (χ4v) is 1.58. The fraction of sp³-hybridized carbons (Fsp3) is 0.143. The topological polar surface area (TPSA) is 0 Å². The highest BCUT2D eigenvalue weighted by Gasteiger charge is 1.94. The summed E-state index contributed by atoms with van der Waals surface area (Å²) in [7, 11) is 0.